The van der Waals surface area contributed by atoms with Gasteiger partial charge in [-0.3, -0.25) is 9.52 Å². The van der Waals surface area contributed by atoms with E-state index >= 15 is 0 Å². The van der Waals surface area contributed by atoms with Gasteiger partial charge in [0.1, 0.15) is 0 Å². The number of amides is 1. The monoisotopic (exact) mass is 380 g/mol. The van der Waals surface area contributed by atoms with Crippen LogP contribution >= 0.6 is 0 Å². The smallest absolute Gasteiger partial charge is 0.261 e. The fraction of sp³-hybridized carbons (Fsp3) is 0.0952. The molecule has 2 N–H and O–H groups in total. The van der Waals surface area contributed by atoms with Gasteiger partial charge in [-0.25, -0.2) is 8.42 Å². The van der Waals surface area contributed by atoms with Gasteiger partial charge in [0.05, 0.1) is 22.2 Å². The van der Waals surface area contributed by atoms with Gasteiger partial charge in [-0.1, -0.05) is 60.7 Å². The molecule has 0 saturated carbocycles. The van der Waals surface area contributed by atoms with E-state index in [4.69, 9.17) is 0 Å². The summed E-state index contributed by atoms with van der Waals surface area (Å²) >= 11 is 0. The Kier molecular flexibility index (Phi) is 5.57. The predicted octanol–water partition coefficient (Wildman–Crippen LogP) is 3.98. The second kappa shape index (κ2) is 8.05. The maximum absolute atomic E-state index is 12.7. The highest BCUT2D eigenvalue weighted by Gasteiger charge is 2.19. The first-order valence-electron chi connectivity index (χ1n) is 8.50. The van der Waals surface area contributed by atoms with Crippen molar-refractivity contribution in [2.45, 2.75) is 17.9 Å². The lowest BCUT2D eigenvalue weighted by molar-refractivity contribution is 0.0941. The molecule has 0 aliphatic rings. The third kappa shape index (κ3) is 4.54. The van der Waals surface area contributed by atoms with E-state index < -0.39 is 10.0 Å². The number of benzene rings is 3. The molecule has 0 aromatic heterocycles. The highest BCUT2D eigenvalue weighted by Crippen LogP contribution is 2.21. The first-order valence-corrected chi connectivity index (χ1v) is 9.98. The van der Waals surface area contributed by atoms with Crippen LogP contribution in [-0.2, 0) is 10.0 Å². The molecule has 0 bridgehead atoms. The fourth-order valence-electron chi connectivity index (χ4n) is 2.67. The number of carbonyl (C=O) groups excluding carboxylic acids is 1. The molecule has 6 heteroatoms. The van der Waals surface area contributed by atoms with Crippen molar-refractivity contribution in [1.29, 1.82) is 0 Å². The summed E-state index contributed by atoms with van der Waals surface area (Å²) < 4.78 is 27.7. The van der Waals surface area contributed by atoms with E-state index in [9.17, 15) is 13.2 Å². The zero-order chi connectivity index (χ0) is 19.3. The third-order valence-electron chi connectivity index (χ3n) is 4.12. The van der Waals surface area contributed by atoms with Gasteiger partial charge in [-0.05, 0) is 36.8 Å². The molecule has 1 amide bonds. The van der Waals surface area contributed by atoms with Crippen molar-refractivity contribution < 1.29 is 13.2 Å². The van der Waals surface area contributed by atoms with Crippen LogP contribution in [-0.4, -0.2) is 14.3 Å². The van der Waals surface area contributed by atoms with Crippen molar-refractivity contribution >= 4 is 21.6 Å². The van der Waals surface area contributed by atoms with E-state index in [2.05, 4.69) is 10.0 Å². The quantitative estimate of drug-likeness (QED) is 0.679. The number of rotatable bonds is 6. The lowest BCUT2D eigenvalue weighted by atomic mass is 10.1. The molecular weight excluding hydrogens is 360 g/mol. The van der Waals surface area contributed by atoms with Gasteiger partial charge >= 0.3 is 0 Å². The number of hydrogen-bond donors (Lipinski definition) is 2. The Morgan fingerprint density at radius 2 is 1.37 bits per heavy atom. The van der Waals surface area contributed by atoms with Crippen molar-refractivity contribution in [2.75, 3.05) is 4.72 Å². The van der Waals surface area contributed by atoms with Crippen molar-refractivity contribution in [1.82, 2.24) is 5.32 Å². The summed E-state index contributed by atoms with van der Waals surface area (Å²) in [6.07, 6.45) is 0. The van der Waals surface area contributed by atoms with Crippen LogP contribution in [0.3, 0.4) is 0 Å². The van der Waals surface area contributed by atoms with Gasteiger partial charge in [0, 0.05) is 0 Å². The zero-order valence-corrected chi connectivity index (χ0v) is 15.6. The summed E-state index contributed by atoms with van der Waals surface area (Å²) in [5.41, 5.74) is 1.46. The van der Waals surface area contributed by atoms with E-state index in [1.54, 1.807) is 42.5 Å². The minimum absolute atomic E-state index is 0.137. The number of anilines is 1. The van der Waals surface area contributed by atoms with Gasteiger partial charge in [-0.2, -0.15) is 0 Å². The molecular formula is C21H20N2O3S. The third-order valence-corrected chi connectivity index (χ3v) is 5.50. The molecule has 1 atom stereocenters. The lowest BCUT2D eigenvalue weighted by Crippen LogP contribution is -2.28. The van der Waals surface area contributed by atoms with E-state index in [1.807, 2.05) is 37.3 Å². The number of sulfonamides is 1. The average molecular weight is 380 g/mol. The van der Waals surface area contributed by atoms with Gasteiger partial charge in [0.2, 0.25) is 0 Å². The molecule has 0 heterocycles. The van der Waals surface area contributed by atoms with Crippen LogP contribution in [0.5, 0.6) is 0 Å². The van der Waals surface area contributed by atoms with Gasteiger partial charge in [-0.15, -0.1) is 0 Å². The SMILES string of the molecule is C[C@@H](NC(=O)c1ccccc1NS(=O)(=O)c1ccccc1)c1ccccc1. The largest absolute Gasteiger partial charge is 0.345 e. The molecule has 0 aliphatic carbocycles. The lowest BCUT2D eigenvalue weighted by Gasteiger charge is -2.17. The topological polar surface area (TPSA) is 75.3 Å². The maximum atomic E-state index is 12.7. The first-order chi connectivity index (χ1) is 13.0. The second-order valence-electron chi connectivity index (χ2n) is 6.07. The standard InChI is InChI=1S/C21H20N2O3S/c1-16(17-10-4-2-5-11-17)22-21(24)19-14-8-9-15-20(19)23-27(25,26)18-12-6-3-7-13-18/h2-16,23H,1H3,(H,22,24)/t16-/m1/s1. The van der Waals surface area contributed by atoms with Crippen LogP contribution in [0.2, 0.25) is 0 Å². The molecule has 0 aliphatic heterocycles. The molecule has 5 nitrogen and oxygen atoms in total. The zero-order valence-electron chi connectivity index (χ0n) is 14.8. The fourth-order valence-corrected chi connectivity index (χ4v) is 3.77. The Labute approximate surface area is 159 Å². The summed E-state index contributed by atoms with van der Waals surface area (Å²) in [4.78, 5) is 12.9. The molecule has 0 saturated heterocycles. The van der Waals surface area contributed by atoms with Gasteiger partial charge < -0.3 is 5.32 Å². The van der Waals surface area contributed by atoms with Crippen molar-refractivity contribution in [2.24, 2.45) is 0 Å². The molecule has 0 radical (unpaired) electrons. The minimum Gasteiger partial charge on any atom is -0.345 e. The second-order valence-corrected chi connectivity index (χ2v) is 7.75. The van der Waals surface area contributed by atoms with Crippen LogP contribution in [0.1, 0.15) is 28.9 Å². The molecule has 0 spiro atoms. The molecule has 138 valence electrons. The highest BCUT2D eigenvalue weighted by atomic mass is 32.2. The maximum Gasteiger partial charge on any atom is 0.261 e. The number of para-hydroxylation sites is 1. The molecule has 0 unspecified atom stereocenters. The summed E-state index contributed by atoms with van der Waals surface area (Å²) in [5, 5.41) is 2.90. The first kappa shape index (κ1) is 18.7. The normalized spacial score (nSPS) is 12.2. The van der Waals surface area contributed by atoms with Crippen LogP contribution in [0.4, 0.5) is 5.69 Å². The summed E-state index contributed by atoms with van der Waals surface area (Å²) in [5.74, 6) is -0.349. The number of nitrogens with one attached hydrogen (secondary N) is 2. The van der Waals surface area contributed by atoms with E-state index in [0.717, 1.165) is 5.56 Å². The van der Waals surface area contributed by atoms with E-state index in [0.29, 0.717) is 0 Å². The van der Waals surface area contributed by atoms with Crippen LogP contribution in [0.15, 0.2) is 89.8 Å². The Morgan fingerprint density at radius 3 is 2.04 bits per heavy atom. The number of carbonyl (C=O) groups is 1. The van der Waals surface area contributed by atoms with E-state index in [-0.39, 0.29) is 28.1 Å². The minimum atomic E-state index is -3.78. The molecule has 0 fully saturated rings. The van der Waals surface area contributed by atoms with Crippen molar-refractivity contribution in [3.05, 3.63) is 96.1 Å². The van der Waals surface area contributed by atoms with E-state index in [1.165, 1.54) is 12.1 Å². The highest BCUT2D eigenvalue weighted by molar-refractivity contribution is 7.92. The predicted molar refractivity (Wildman–Crippen MR) is 106 cm³/mol. The number of hydrogen-bond acceptors (Lipinski definition) is 3. The molecule has 3 aromatic carbocycles. The van der Waals surface area contributed by atoms with Crippen molar-refractivity contribution in [3.8, 4) is 0 Å². The van der Waals surface area contributed by atoms with Crippen LogP contribution < -0.4 is 10.0 Å². The Bertz CT molecular complexity index is 1020. The molecule has 3 aromatic rings. The van der Waals surface area contributed by atoms with Gasteiger partial charge in [0.15, 0.2) is 0 Å². The summed E-state index contributed by atoms with van der Waals surface area (Å²) in [7, 11) is -3.78. The Balaban J connectivity index is 1.83. The van der Waals surface area contributed by atoms with Crippen molar-refractivity contribution in [3.63, 3.8) is 0 Å². The molecule has 27 heavy (non-hydrogen) atoms. The Morgan fingerprint density at radius 1 is 0.815 bits per heavy atom. The summed E-state index contributed by atoms with van der Waals surface area (Å²) in [6, 6.07) is 23.9. The Hall–Kier alpha value is -3.12. The summed E-state index contributed by atoms with van der Waals surface area (Å²) in [6.45, 7) is 1.88. The van der Waals surface area contributed by atoms with Gasteiger partial charge in [0.25, 0.3) is 15.9 Å². The van der Waals surface area contributed by atoms with Crippen LogP contribution in [0.25, 0.3) is 0 Å². The van der Waals surface area contributed by atoms with Crippen LogP contribution in [0, 0.1) is 0 Å². The average Bonchev–Trinajstić information content (AvgIpc) is 2.69. The molecule has 3 rings (SSSR count).